The quantitative estimate of drug-likeness (QED) is 0.258. The predicted molar refractivity (Wildman–Crippen MR) is 131 cm³/mol. The second-order valence-electron chi connectivity index (χ2n) is 8.84. The van der Waals surface area contributed by atoms with Crippen LogP contribution in [0.5, 0.6) is 5.75 Å². The van der Waals surface area contributed by atoms with Crippen molar-refractivity contribution in [1.29, 1.82) is 0 Å². The Morgan fingerprint density at radius 2 is 1.89 bits per heavy atom. The number of amides is 1. The number of aromatic nitrogens is 1. The van der Waals surface area contributed by atoms with Crippen molar-refractivity contribution in [1.82, 2.24) is 14.8 Å². The zero-order valence-corrected chi connectivity index (χ0v) is 20.9. The molecule has 0 bridgehead atoms. The Balaban J connectivity index is 1.81. The van der Waals surface area contributed by atoms with E-state index in [0.717, 1.165) is 13.1 Å². The highest BCUT2D eigenvalue weighted by Crippen LogP contribution is 2.41. The van der Waals surface area contributed by atoms with E-state index in [-0.39, 0.29) is 17.0 Å². The number of ketones is 1. The molecule has 1 amide bonds. The number of benzene rings is 1. The second-order valence-corrected chi connectivity index (χ2v) is 8.84. The van der Waals surface area contributed by atoms with Crippen molar-refractivity contribution in [3.05, 3.63) is 57.9 Å². The first-order valence-electron chi connectivity index (χ1n) is 11.8. The van der Waals surface area contributed by atoms with Crippen LogP contribution in [0.3, 0.4) is 0 Å². The lowest BCUT2D eigenvalue weighted by atomic mass is 9.94. The van der Waals surface area contributed by atoms with Crippen molar-refractivity contribution >= 4 is 23.4 Å². The smallest absolute Gasteiger partial charge is 0.354 e. The van der Waals surface area contributed by atoms with E-state index in [9.17, 15) is 19.5 Å². The summed E-state index contributed by atoms with van der Waals surface area (Å²) in [5.74, 6) is -1.83. The van der Waals surface area contributed by atoms with E-state index < -0.39 is 23.7 Å². The molecule has 192 valence electrons. The highest BCUT2D eigenvalue weighted by Gasteiger charge is 2.46. The van der Waals surface area contributed by atoms with Crippen molar-refractivity contribution in [2.75, 3.05) is 53.6 Å². The van der Waals surface area contributed by atoms with Gasteiger partial charge in [0.25, 0.3) is 11.7 Å². The first-order valence-corrected chi connectivity index (χ1v) is 11.8. The minimum absolute atomic E-state index is 0.0307. The molecule has 2 N–H and O–H groups in total. The number of Topliss-reactive ketones (excluding diaryl/α,β-unsaturated/α-hetero) is 1. The number of aliphatic hydroxyl groups excluding tert-OH is 1. The summed E-state index contributed by atoms with van der Waals surface area (Å²) < 4.78 is 15.6. The van der Waals surface area contributed by atoms with Crippen LogP contribution in [-0.2, 0) is 19.1 Å². The Morgan fingerprint density at radius 3 is 2.56 bits per heavy atom. The molecule has 2 fully saturated rings. The lowest BCUT2D eigenvalue weighted by molar-refractivity contribution is -0.140. The summed E-state index contributed by atoms with van der Waals surface area (Å²) in [6.07, 6.45) is 0. The Hall–Kier alpha value is -3.63. The normalized spacial score (nSPS) is 20.1. The van der Waals surface area contributed by atoms with Gasteiger partial charge < -0.3 is 29.2 Å². The Kier molecular flexibility index (Phi) is 7.46. The van der Waals surface area contributed by atoms with Gasteiger partial charge in [-0.1, -0.05) is 12.1 Å². The number of carbonyl (C=O) groups excluding carboxylic acids is 3. The molecule has 4 rings (SSSR count). The number of hydrogen-bond donors (Lipinski definition) is 2. The summed E-state index contributed by atoms with van der Waals surface area (Å²) in [5.41, 5.74) is 1.99. The van der Waals surface area contributed by atoms with Gasteiger partial charge in [0.05, 0.1) is 39.0 Å². The molecule has 1 aromatic heterocycles. The summed E-state index contributed by atoms with van der Waals surface area (Å²) in [6.45, 7) is 6.91. The van der Waals surface area contributed by atoms with Gasteiger partial charge in [0.2, 0.25) is 0 Å². The van der Waals surface area contributed by atoms with Gasteiger partial charge in [-0.05, 0) is 37.1 Å². The summed E-state index contributed by atoms with van der Waals surface area (Å²) in [5, 5.41) is 11.5. The topological polar surface area (TPSA) is 121 Å². The van der Waals surface area contributed by atoms with Gasteiger partial charge in [-0.25, -0.2) is 4.79 Å². The maximum absolute atomic E-state index is 13.4. The molecule has 0 saturated carbocycles. The van der Waals surface area contributed by atoms with E-state index in [2.05, 4.69) is 9.88 Å². The predicted octanol–water partition coefficient (Wildman–Crippen LogP) is 2.18. The summed E-state index contributed by atoms with van der Waals surface area (Å²) in [6, 6.07) is 6.27. The number of aliphatic hydroxyl groups is 1. The fraction of sp³-hybridized carbons (Fsp3) is 0.423. The number of morpholine rings is 1. The average Bonchev–Trinajstić information content (AvgIpc) is 3.34. The van der Waals surface area contributed by atoms with Gasteiger partial charge in [0.1, 0.15) is 17.2 Å². The summed E-state index contributed by atoms with van der Waals surface area (Å²) in [4.78, 5) is 45.4. The number of methoxy groups -OCH3 is 2. The van der Waals surface area contributed by atoms with Gasteiger partial charge in [-0.3, -0.25) is 14.5 Å². The molecule has 2 aromatic rings. The van der Waals surface area contributed by atoms with E-state index in [1.165, 1.54) is 19.1 Å². The third-order valence-electron chi connectivity index (χ3n) is 6.77. The lowest BCUT2D eigenvalue weighted by Gasteiger charge is -2.31. The number of esters is 1. The fourth-order valence-corrected chi connectivity index (χ4v) is 4.89. The molecule has 1 aromatic carbocycles. The maximum Gasteiger partial charge on any atom is 0.354 e. The zero-order chi connectivity index (χ0) is 26.0. The van der Waals surface area contributed by atoms with E-state index in [1.807, 2.05) is 0 Å². The highest BCUT2D eigenvalue weighted by atomic mass is 16.5. The fourth-order valence-electron chi connectivity index (χ4n) is 4.89. The van der Waals surface area contributed by atoms with Crippen molar-refractivity contribution < 1.29 is 33.7 Å². The van der Waals surface area contributed by atoms with Crippen molar-refractivity contribution in [3.63, 3.8) is 0 Å². The Morgan fingerprint density at radius 1 is 1.17 bits per heavy atom. The number of nitrogens with zero attached hydrogens (tertiary/aromatic N) is 2. The number of hydrogen-bond acceptors (Lipinski definition) is 8. The van der Waals surface area contributed by atoms with E-state index >= 15 is 0 Å². The first kappa shape index (κ1) is 25.5. The highest BCUT2D eigenvalue weighted by molar-refractivity contribution is 6.46. The van der Waals surface area contributed by atoms with Gasteiger partial charge in [-0.2, -0.15) is 0 Å². The van der Waals surface area contributed by atoms with Crippen LogP contribution >= 0.6 is 0 Å². The van der Waals surface area contributed by atoms with Crippen molar-refractivity contribution in [2.24, 2.45) is 0 Å². The molecule has 10 nitrogen and oxygen atoms in total. The molecule has 1 atom stereocenters. The molecule has 1 unspecified atom stereocenters. The average molecular weight is 498 g/mol. The number of aryl methyl sites for hydroxylation is 1. The Labute approximate surface area is 209 Å². The molecular formula is C26H31N3O7. The molecule has 10 heteroatoms. The SMILES string of the molecule is COC(=O)c1[nH]c(C)c(/C(O)=C2\C(=O)C(=O)N(CCN3CCOCC3)C2c2cccc(OC)c2)c1C. The van der Waals surface area contributed by atoms with Crippen LogP contribution in [0.4, 0.5) is 0 Å². The second kappa shape index (κ2) is 10.5. The lowest BCUT2D eigenvalue weighted by Crippen LogP contribution is -2.42. The van der Waals surface area contributed by atoms with Gasteiger partial charge >= 0.3 is 5.97 Å². The minimum atomic E-state index is -0.823. The third kappa shape index (κ3) is 4.61. The third-order valence-corrected chi connectivity index (χ3v) is 6.77. The van der Waals surface area contributed by atoms with Gasteiger partial charge in [0, 0.05) is 37.4 Å². The first-order chi connectivity index (χ1) is 17.3. The molecule has 36 heavy (non-hydrogen) atoms. The molecule has 0 aliphatic carbocycles. The van der Waals surface area contributed by atoms with Crippen molar-refractivity contribution in [3.8, 4) is 5.75 Å². The number of carbonyl (C=O) groups is 3. The number of nitrogens with one attached hydrogen (secondary N) is 1. The van der Waals surface area contributed by atoms with E-state index in [0.29, 0.717) is 54.4 Å². The molecule has 3 heterocycles. The monoisotopic (exact) mass is 497 g/mol. The van der Waals surface area contributed by atoms with E-state index in [1.54, 1.807) is 38.1 Å². The number of ether oxygens (including phenoxy) is 3. The van der Waals surface area contributed by atoms with Crippen LogP contribution in [0.25, 0.3) is 5.76 Å². The number of aromatic amines is 1. The molecular weight excluding hydrogens is 466 g/mol. The van der Waals surface area contributed by atoms with Gasteiger partial charge in [-0.15, -0.1) is 0 Å². The zero-order valence-electron chi connectivity index (χ0n) is 20.9. The molecule has 2 saturated heterocycles. The van der Waals surface area contributed by atoms with E-state index in [4.69, 9.17) is 14.2 Å². The number of rotatable bonds is 7. The molecule has 2 aliphatic heterocycles. The number of likely N-dealkylation sites (tertiary alicyclic amines) is 1. The van der Waals surface area contributed by atoms with Crippen LogP contribution in [0.1, 0.15) is 38.9 Å². The molecule has 0 spiro atoms. The Bertz CT molecular complexity index is 1210. The molecule has 0 radical (unpaired) electrons. The minimum Gasteiger partial charge on any atom is -0.507 e. The summed E-state index contributed by atoms with van der Waals surface area (Å²) >= 11 is 0. The number of H-pyrrole nitrogens is 1. The standard InChI is InChI=1S/C26H31N3O7/c1-15-19(16(2)27-21(15)26(33)35-4)23(30)20-22(17-6-5-7-18(14-17)34-3)29(25(32)24(20)31)9-8-28-10-12-36-13-11-28/h5-7,14,22,27,30H,8-13H2,1-4H3/b23-20+. The van der Waals surface area contributed by atoms with Crippen molar-refractivity contribution in [2.45, 2.75) is 19.9 Å². The van der Waals surface area contributed by atoms with Crippen LogP contribution in [0, 0.1) is 13.8 Å². The van der Waals surface area contributed by atoms with Gasteiger partial charge in [0.15, 0.2) is 0 Å². The maximum atomic E-state index is 13.4. The van der Waals surface area contributed by atoms with Crippen LogP contribution < -0.4 is 4.74 Å². The molecule has 2 aliphatic rings. The van der Waals surface area contributed by atoms with Crippen LogP contribution in [0.15, 0.2) is 29.8 Å². The van der Waals surface area contributed by atoms with Crippen LogP contribution in [-0.4, -0.2) is 91.2 Å². The largest absolute Gasteiger partial charge is 0.507 e. The van der Waals surface area contributed by atoms with Crippen LogP contribution in [0.2, 0.25) is 0 Å². The summed E-state index contributed by atoms with van der Waals surface area (Å²) in [7, 11) is 2.80.